The van der Waals surface area contributed by atoms with Gasteiger partial charge in [0.15, 0.2) is 0 Å². The predicted octanol–water partition coefficient (Wildman–Crippen LogP) is 0.809. The third-order valence-electron chi connectivity index (χ3n) is 2.11. The monoisotopic (exact) mass is 181 g/mol. The summed E-state index contributed by atoms with van der Waals surface area (Å²) in [5.41, 5.74) is 0. The van der Waals surface area contributed by atoms with Crippen LogP contribution < -0.4 is 0 Å². The molecule has 4 heteroatoms. The van der Waals surface area contributed by atoms with Gasteiger partial charge in [-0.2, -0.15) is 0 Å². The number of morpholine rings is 1. The SMILES string of the molecule is O=CN1CCOC(c2ccco2)C1. The summed E-state index contributed by atoms with van der Waals surface area (Å²) >= 11 is 0. The van der Waals surface area contributed by atoms with Crippen LogP contribution >= 0.6 is 0 Å². The standard InChI is InChI=1S/C9H11NO3/c11-7-10-3-5-13-9(6-10)8-2-1-4-12-8/h1-2,4,7,9H,3,5-6H2. The van der Waals surface area contributed by atoms with Crippen molar-refractivity contribution in [1.29, 1.82) is 0 Å². The van der Waals surface area contributed by atoms with E-state index in [1.165, 1.54) is 0 Å². The highest BCUT2D eigenvalue weighted by molar-refractivity contribution is 5.47. The highest BCUT2D eigenvalue weighted by Gasteiger charge is 2.22. The zero-order chi connectivity index (χ0) is 9.10. The normalized spacial score (nSPS) is 23.1. The van der Waals surface area contributed by atoms with Crippen LogP contribution in [0.15, 0.2) is 22.8 Å². The van der Waals surface area contributed by atoms with E-state index in [4.69, 9.17) is 9.15 Å². The average Bonchev–Trinajstić information content (AvgIpc) is 2.71. The molecule has 13 heavy (non-hydrogen) atoms. The lowest BCUT2D eigenvalue weighted by atomic mass is 10.2. The van der Waals surface area contributed by atoms with E-state index in [2.05, 4.69) is 0 Å². The third-order valence-corrected chi connectivity index (χ3v) is 2.11. The van der Waals surface area contributed by atoms with Crippen LogP contribution in [0.1, 0.15) is 11.9 Å². The molecule has 1 aromatic heterocycles. The maximum absolute atomic E-state index is 10.5. The molecule has 1 amide bonds. The largest absolute Gasteiger partial charge is 0.467 e. The molecule has 4 nitrogen and oxygen atoms in total. The average molecular weight is 181 g/mol. The first-order chi connectivity index (χ1) is 6.40. The molecular weight excluding hydrogens is 170 g/mol. The van der Waals surface area contributed by atoms with Crippen LogP contribution in [-0.4, -0.2) is 31.0 Å². The molecular formula is C9H11NO3. The van der Waals surface area contributed by atoms with Crippen LogP contribution in [0.2, 0.25) is 0 Å². The molecule has 1 aromatic rings. The molecule has 1 aliphatic rings. The molecule has 2 heterocycles. The Morgan fingerprint density at radius 1 is 1.62 bits per heavy atom. The van der Waals surface area contributed by atoms with Crippen molar-refractivity contribution in [2.45, 2.75) is 6.10 Å². The highest BCUT2D eigenvalue weighted by atomic mass is 16.5. The van der Waals surface area contributed by atoms with Crippen LogP contribution in [0.3, 0.4) is 0 Å². The first kappa shape index (κ1) is 8.31. The number of hydrogen-bond donors (Lipinski definition) is 0. The summed E-state index contributed by atoms with van der Waals surface area (Å²) in [6.07, 6.45) is 2.35. The number of carbonyl (C=O) groups is 1. The number of ether oxygens (including phenoxy) is 1. The van der Waals surface area contributed by atoms with Crippen molar-refractivity contribution in [1.82, 2.24) is 4.90 Å². The van der Waals surface area contributed by atoms with Gasteiger partial charge >= 0.3 is 0 Å². The van der Waals surface area contributed by atoms with E-state index >= 15 is 0 Å². The lowest BCUT2D eigenvalue weighted by Crippen LogP contribution is -2.37. The lowest BCUT2D eigenvalue weighted by molar-refractivity contribution is -0.126. The second-order valence-electron chi connectivity index (χ2n) is 2.98. The molecule has 0 aliphatic carbocycles. The maximum atomic E-state index is 10.5. The van der Waals surface area contributed by atoms with Crippen LogP contribution in [0.4, 0.5) is 0 Å². The summed E-state index contributed by atoms with van der Waals surface area (Å²) in [6.45, 7) is 1.82. The van der Waals surface area contributed by atoms with Gasteiger partial charge < -0.3 is 14.1 Å². The fraction of sp³-hybridized carbons (Fsp3) is 0.444. The van der Waals surface area contributed by atoms with Crippen molar-refractivity contribution in [3.63, 3.8) is 0 Å². The van der Waals surface area contributed by atoms with Gasteiger partial charge in [0.2, 0.25) is 6.41 Å². The molecule has 1 unspecified atom stereocenters. The Hall–Kier alpha value is -1.29. The molecule has 0 saturated carbocycles. The quantitative estimate of drug-likeness (QED) is 0.634. The van der Waals surface area contributed by atoms with Crippen molar-refractivity contribution in [2.24, 2.45) is 0 Å². The van der Waals surface area contributed by atoms with E-state index in [0.717, 1.165) is 12.2 Å². The van der Waals surface area contributed by atoms with Gasteiger partial charge in [0.1, 0.15) is 11.9 Å². The van der Waals surface area contributed by atoms with Gasteiger partial charge in [-0.15, -0.1) is 0 Å². The number of furan rings is 1. The van der Waals surface area contributed by atoms with E-state index in [1.807, 2.05) is 12.1 Å². The summed E-state index contributed by atoms with van der Waals surface area (Å²) in [6, 6.07) is 3.68. The Balaban J connectivity index is 2.04. The Bertz CT molecular complexity index is 270. The minimum atomic E-state index is -0.103. The first-order valence-electron chi connectivity index (χ1n) is 4.24. The number of carbonyl (C=O) groups excluding carboxylic acids is 1. The van der Waals surface area contributed by atoms with Crippen molar-refractivity contribution in [3.05, 3.63) is 24.2 Å². The predicted molar refractivity (Wildman–Crippen MR) is 45.0 cm³/mol. The van der Waals surface area contributed by atoms with E-state index in [-0.39, 0.29) is 6.10 Å². The topological polar surface area (TPSA) is 42.7 Å². The van der Waals surface area contributed by atoms with Gasteiger partial charge in [-0.1, -0.05) is 0 Å². The molecule has 70 valence electrons. The molecule has 0 N–H and O–H groups in total. The number of rotatable bonds is 2. The van der Waals surface area contributed by atoms with Gasteiger partial charge in [-0.05, 0) is 12.1 Å². The highest BCUT2D eigenvalue weighted by Crippen LogP contribution is 2.21. The Labute approximate surface area is 76.1 Å². The van der Waals surface area contributed by atoms with Gasteiger partial charge in [0.05, 0.1) is 19.4 Å². The van der Waals surface area contributed by atoms with Crippen molar-refractivity contribution >= 4 is 6.41 Å². The molecule has 0 radical (unpaired) electrons. The summed E-state index contributed by atoms with van der Waals surface area (Å²) in [5.74, 6) is 0.784. The summed E-state index contributed by atoms with van der Waals surface area (Å²) in [7, 11) is 0. The number of nitrogens with zero attached hydrogens (tertiary/aromatic N) is 1. The molecule has 2 rings (SSSR count). The summed E-state index contributed by atoms with van der Waals surface area (Å²) in [5, 5.41) is 0. The van der Waals surface area contributed by atoms with Gasteiger partial charge in [-0.25, -0.2) is 0 Å². The second kappa shape index (κ2) is 3.62. The Kier molecular flexibility index (Phi) is 2.31. The molecule has 1 saturated heterocycles. The fourth-order valence-electron chi connectivity index (χ4n) is 1.41. The Morgan fingerprint density at radius 2 is 2.54 bits per heavy atom. The summed E-state index contributed by atoms with van der Waals surface area (Å²) < 4.78 is 10.7. The smallest absolute Gasteiger partial charge is 0.209 e. The zero-order valence-electron chi connectivity index (χ0n) is 7.18. The van der Waals surface area contributed by atoms with E-state index in [0.29, 0.717) is 19.7 Å². The van der Waals surface area contributed by atoms with Crippen LogP contribution in [-0.2, 0) is 9.53 Å². The van der Waals surface area contributed by atoms with E-state index in [1.54, 1.807) is 11.2 Å². The van der Waals surface area contributed by atoms with Gasteiger partial charge in [0, 0.05) is 6.54 Å². The molecule has 1 atom stereocenters. The van der Waals surface area contributed by atoms with E-state index < -0.39 is 0 Å². The van der Waals surface area contributed by atoms with Crippen LogP contribution in [0.5, 0.6) is 0 Å². The molecule has 0 bridgehead atoms. The van der Waals surface area contributed by atoms with E-state index in [9.17, 15) is 4.79 Å². The van der Waals surface area contributed by atoms with Crippen molar-refractivity contribution in [2.75, 3.05) is 19.7 Å². The fourth-order valence-corrected chi connectivity index (χ4v) is 1.41. The second-order valence-corrected chi connectivity index (χ2v) is 2.98. The maximum Gasteiger partial charge on any atom is 0.209 e. The van der Waals surface area contributed by atoms with Gasteiger partial charge in [-0.3, -0.25) is 4.79 Å². The van der Waals surface area contributed by atoms with Crippen molar-refractivity contribution in [3.8, 4) is 0 Å². The Morgan fingerprint density at radius 3 is 3.23 bits per heavy atom. The first-order valence-corrected chi connectivity index (χ1v) is 4.24. The van der Waals surface area contributed by atoms with Crippen molar-refractivity contribution < 1.29 is 13.9 Å². The minimum absolute atomic E-state index is 0.103. The third kappa shape index (κ3) is 1.72. The number of amides is 1. The molecule has 0 aromatic carbocycles. The molecule has 1 aliphatic heterocycles. The van der Waals surface area contributed by atoms with Crippen LogP contribution in [0.25, 0.3) is 0 Å². The molecule has 0 spiro atoms. The number of hydrogen-bond acceptors (Lipinski definition) is 3. The lowest BCUT2D eigenvalue weighted by Gasteiger charge is -2.28. The van der Waals surface area contributed by atoms with Crippen LogP contribution in [0, 0.1) is 0 Å². The summed E-state index contributed by atoms with van der Waals surface area (Å²) in [4.78, 5) is 12.2. The van der Waals surface area contributed by atoms with Gasteiger partial charge in [0.25, 0.3) is 0 Å². The minimum Gasteiger partial charge on any atom is -0.467 e. The molecule has 1 fully saturated rings. The zero-order valence-corrected chi connectivity index (χ0v) is 7.18.